The van der Waals surface area contributed by atoms with E-state index in [0.29, 0.717) is 17.7 Å². The maximum absolute atomic E-state index is 15.3. The lowest BCUT2D eigenvalue weighted by atomic mass is 10.0. The summed E-state index contributed by atoms with van der Waals surface area (Å²) in [6, 6.07) is 2.28. The zero-order valence-electron chi connectivity index (χ0n) is 20.9. The molecule has 2 atom stereocenters. The Morgan fingerprint density at radius 2 is 1.80 bits per heavy atom. The van der Waals surface area contributed by atoms with Crippen LogP contribution in [0.25, 0.3) is 0 Å². The largest absolute Gasteiger partial charge is 0.493 e. The van der Waals surface area contributed by atoms with Crippen LogP contribution in [0.3, 0.4) is 0 Å². The van der Waals surface area contributed by atoms with Gasteiger partial charge in [0.1, 0.15) is 22.6 Å². The zero-order valence-corrected chi connectivity index (χ0v) is 20.9. The molecule has 3 rings (SSSR count). The van der Waals surface area contributed by atoms with Crippen LogP contribution in [0.2, 0.25) is 0 Å². The third-order valence-electron chi connectivity index (χ3n) is 5.36. The Bertz CT molecular complexity index is 989. The Kier molecular flexibility index (Phi) is 7.44. The fraction of sp³-hybridized carbons (Fsp3) is 0.652. The smallest absolute Gasteiger partial charge is 0.412 e. The molecule has 194 valence electrons. The lowest BCUT2D eigenvalue weighted by Gasteiger charge is -2.44. The Balaban J connectivity index is 1.83. The fourth-order valence-corrected chi connectivity index (χ4v) is 3.95. The highest BCUT2D eigenvalue weighted by Gasteiger charge is 2.39. The second-order valence-electron chi connectivity index (χ2n) is 10.6. The molecule has 0 aromatic heterocycles. The molecular weight excluding hydrogens is 463 g/mol. The van der Waals surface area contributed by atoms with Crippen LogP contribution in [-0.2, 0) is 16.0 Å². The van der Waals surface area contributed by atoms with Gasteiger partial charge in [-0.3, -0.25) is 20.3 Å². The van der Waals surface area contributed by atoms with E-state index in [1.165, 1.54) is 17.0 Å². The summed E-state index contributed by atoms with van der Waals surface area (Å²) in [6.07, 6.45) is -2.50. The summed E-state index contributed by atoms with van der Waals surface area (Å²) in [6.45, 7) is 10.6. The average Bonchev–Trinajstić information content (AvgIpc) is 2.66. The van der Waals surface area contributed by atoms with E-state index in [0.717, 1.165) is 0 Å². The van der Waals surface area contributed by atoms with Crippen molar-refractivity contribution in [2.45, 2.75) is 78.0 Å². The number of nitrogens with zero attached hydrogens (tertiary/aromatic N) is 3. The number of nitrogens with one attached hydrogen (secondary N) is 1. The third-order valence-corrected chi connectivity index (χ3v) is 5.36. The van der Waals surface area contributed by atoms with E-state index < -0.39 is 34.6 Å². The Morgan fingerprint density at radius 1 is 1.14 bits per heavy atom. The maximum Gasteiger partial charge on any atom is 0.412 e. The molecule has 1 saturated heterocycles. The van der Waals surface area contributed by atoms with Gasteiger partial charge < -0.3 is 19.1 Å². The monoisotopic (exact) mass is 496 g/mol. The number of rotatable bonds is 2. The molecule has 2 aliphatic heterocycles. The molecule has 0 bridgehead atoms. The Hall–Kier alpha value is -3.15. The lowest BCUT2D eigenvalue weighted by molar-refractivity contribution is -0.384. The number of fused-ring (bicyclic) bond motifs is 2. The van der Waals surface area contributed by atoms with Crippen LogP contribution < -0.4 is 10.1 Å². The van der Waals surface area contributed by atoms with Crippen LogP contribution in [-0.4, -0.2) is 70.1 Å². The van der Waals surface area contributed by atoms with Gasteiger partial charge in [-0.05, 0) is 48.0 Å². The summed E-state index contributed by atoms with van der Waals surface area (Å²) in [5.74, 6) is 0.307. The van der Waals surface area contributed by atoms with Crippen LogP contribution >= 0.6 is 0 Å². The zero-order chi connectivity index (χ0) is 26.1. The number of ether oxygens (including phenoxy) is 3. The van der Waals surface area contributed by atoms with Gasteiger partial charge in [-0.1, -0.05) is 0 Å². The van der Waals surface area contributed by atoms with Crippen molar-refractivity contribution >= 4 is 23.6 Å². The van der Waals surface area contributed by atoms with Gasteiger partial charge in [-0.25, -0.2) is 14.0 Å². The van der Waals surface area contributed by atoms with Gasteiger partial charge in [-0.2, -0.15) is 0 Å². The molecule has 12 heteroatoms. The number of carbonyl (C=O) groups is 2. The van der Waals surface area contributed by atoms with Crippen molar-refractivity contribution < 1.29 is 33.1 Å². The molecule has 2 aliphatic rings. The summed E-state index contributed by atoms with van der Waals surface area (Å²) in [5.41, 5.74) is -1.52. The van der Waals surface area contributed by atoms with E-state index in [1.54, 1.807) is 46.4 Å². The molecule has 1 N–H and O–H groups in total. The summed E-state index contributed by atoms with van der Waals surface area (Å²) in [5, 5.41) is 14.1. The van der Waals surface area contributed by atoms with E-state index in [4.69, 9.17) is 14.2 Å². The van der Waals surface area contributed by atoms with Gasteiger partial charge in [-0.15, -0.1) is 0 Å². The summed E-state index contributed by atoms with van der Waals surface area (Å²) < 4.78 is 31.7. The second kappa shape index (κ2) is 9.84. The number of anilines is 1. The quantitative estimate of drug-likeness (QED) is 0.362. The number of carbonyl (C=O) groups excluding carboxylic acids is 2. The topological polar surface area (TPSA) is 123 Å². The molecule has 0 aliphatic carbocycles. The highest BCUT2D eigenvalue weighted by molar-refractivity contribution is 5.88. The minimum absolute atomic E-state index is 0.0386. The van der Waals surface area contributed by atoms with Crippen molar-refractivity contribution in [3.63, 3.8) is 0 Å². The number of hydrogen-bond acceptors (Lipinski definition) is 8. The number of nitro groups is 1. The van der Waals surface area contributed by atoms with E-state index >= 15 is 4.39 Å². The highest BCUT2D eigenvalue weighted by Crippen LogP contribution is 2.37. The summed E-state index contributed by atoms with van der Waals surface area (Å²) in [7, 11) is 0. The number of hydrogen-bond donors (Lipinski definition) is 1. The molecule has 1 unspecified atom stereocenters. The van der Waals surface area contributed by atoms with Crippen molar-refractivity contribution in [2.75, 3.05) is 25.0 Å². The Labute approximate surface area is 203 Å². The van der Waals surface area contributed by atoms with Crippen molar-refractivity contribution in [1.29, 1.82) is 0 Å². The standard InChI is InChI=1S/C23H33FN4O7/c1-22(2,3)34-20(29)25-16-10-18-14(9-17(16)28(31)32)11-27-15(7-8-33-18)12-26(13-19(27)24)21(30)35-23(4,5)6/h9-10,15,19H,7-8,11-13H2,1-6H3,(H,25,29)/t15?,19-/m0/s1. The molecule has 0 saturated carbocycles. The predicted molar refractivity (Wildman–Crippen MR) is 125 cm³/mol. The van der Waals surface area contributed by atoms with Crippen LogP contribution in [0.15, 0.2) is 12.1 Å². The molecule has 35 heavy (non-hydrogen) atoms. The van der Waals surface area contributed by atoms with Gasteiger partial charge >= 0.3 is 12.2 Å². The SMILES string of the molecule is CC(C)(C)OC(=O)Nc1cc2c(cc1[N+](=O)[O-])CN1C(CCO2)CN(C(=O)OC(C)(C)C)C[C@H]1F. The number of piperazine rings is 1. The molecule has 1 fully saturated rings. The molecule has 2 amide bonds. The van der Waals surface area contributed by atoms with Crippen LogP contribution in [0.4, 0.5) is 25.4 Å². The van der Waals surface area contributed by atoms with Gasteiger partial charge in [0.05, 0.1) is 18.1 Å². The van der Waals surface area contributed by atoms with E-state index in [-0.39, 0.29) is 43.7 Å². The molecule has 11 nitrogen and oxygen atoms in total. The average molecular weight is 497 g/mol. The van der Waals surface area contributed by atoms with Crippen LogP contribution in [0.5, 0.6) is 5.75 Å². The first-order valence-corrected chi connectivity index (χ1v) is 11.4. The van der Waals surface area contributed by atoms with E-state index in [2.05, 4.69) is 5.32 Å². The number of amides is 2. The summed E-state index contributed by atoms with van der Waals surface area (Å²) in [4.78, 5) is 38.7. The minimum atomic E-state index is -1.49. The Morgan fingerprint density at radius 3 is 2.40 bits per heavy atom. The van der Waals surface area contributed by atoms with Crippen molar-refractivity contribution in [1.82, 2.24) is 9.80 Å². The first-order chi connectivity index (χ1) is 16.1. The molecule has 2 heterocycles. The molecule has 0 radical (unpaired) electrons. The van der Waals surface area contributed by atoms with Gasteiger partial charge in [0.25, 0.3) is 5.69 Å². The van der Waals surface area contributed by atoms with E-state index in [1.807, 2.05) is 0 Å². The van der Waals surface area contributed by atoms with Crippen molar-refractivity contribution in [3.05, 3.63) is 27.8 Å². The fourth-order valence-electron chi connectivity index (χ4n) is 3.95. The molecule has 0 spiro atoms. The highest BCUT2D eigenvalue weighted by atomic mass is 19.1. The molecule has 1 aromatic rings. The van der Waals surface area contributed by atoms with Crippen LogP contribution in [0.1, 0.15) is 53.5 Å². The maximum atomic E-state index is 15.3. The van der Waals surface area contributed by atoms with Crippen molar-refractivity contribution in [3.8, 4) is 5.75 Å². The summed E-state index contributed by atoms with van der Waals surface area (Å²) >= 11 is 0. The number of alkyl halides is 1. The van der Waals surface area contributed by atoms with Gasteiger partial charge in [0.15, 0.2) is 6.30 Å². The first-order valence-electron chi connectivity index (χ1n) is 11.4. The van der Waals surface area contributed by atoms with Crippen molar-refractivity contribution in [2.24, 2.45) is 0 Å². The number of benzene rings is 1. The van der Waals surface area contributed by atoms with E-state index in [9.17, 15) is 19.7 Å². The number of nitro benzene ring substituents is 1. The predicted octanol–water partition coefficient (Wildman–Crippen LogP) is 4.44. The first kappa shape index (κ1) is 26.5. The molecular formula is C23H33FN4O7. The lowest BCUT2D eigenvalue weighted by Crippen LogP contribution is -2.59. The normalized spacial score (nSPS) is 20.9. The third kappa shape index (κ3) is 6.93. The van der Waals surface area contributed by atoms with Gasteiger partial charge in [0.2, 0.25) is 0 Å². The van der Waals surface area contributed by atoms with Gasteiger partial charge in [0, 0.05) is 36.8 Å². The van der Waals surface area contributed by atoms with Crippen LogP contribution in [0, 0.1) is 10.1 Å². The second-order valence-corrected chi connectivity index (χ2v) is 10.6. The molecule has 1 aromatic carbocycles. The minimum Gasteiger partial charge on any atom is -0.493 e. The number of halogens is 1.